The first-order chi connectivity index (χ1) is 50.7. The summed E-state index contributed by atoms with van der Waals surface area (Å²) in [5.41, 5.74) is 0. The van der Waals surface area contributed by atoms with Crippen LogP contribution >= 0.6 is 15.6 Å². The number of rotatable bonds is 79. The molecule has 0 aromatic carbocycles. The maximum Gasteiger partial charge on any atom is 0.472 e. The highest BCUT2D eigenvalue weighted by molar-refractivity contribution is 7.47. The Balaban J connectivity index is 5.31. The molecule has 0 aliphatic rings. The lowest BCUT2D eigenvalue weighted by Crippen LogP contribution is -2.30. The number of aliphatic hydroxyl groups is 1. The third-order valence-corrected chi connectivity index (χ3v) is 19.7. The van der Waals surface area contributed by atoms with Gasteiger partial charge in [-0.25, -0.2) is 9.13 Å². The SMILES string of the molecule is CCCCC/C=C\C/C=C\C/C=C\CCCCCCCCC(=O)OCC(COP(=O)(O)OCC(O)COP(=O)(O)OCC(COC(=O)CCCCCCCC/C=C\C/C=C\C/C=C\CCCCC)OC(=O)CCCCCCCCCCCCC)OC(=O)CCCCCCC/C=C\CCCCCCCC. The van der Waals surface area contributed by atoms with Crippen LogP contribution in [0.5, 0.6) is 0 Å². The van der Waals surface area contributed by atoms with Crippen molar-refractivity contribution in [3.05, 3.63) is 85.1 Å². The van der Waals surface area contributed by atoms with E-state index in [4.69, 9.17) is 37.0 Å². The number of carbonyl (C=O) groups is 4. The molecule has 104 heavy (non-hydrogen) atoms. The Hall–Kier alpha value is -3.76. The molecular formula is C85H152O17P2. The highest BCUT2D eigenvalue weighted by atomic mass is 31.2. The van der Waals surface area contributed by atoms with Crippen molar-refractivity contribution in [1.29, 1.82) is 0 Å². The fourth-order valence-corrected chi connectivity index (χ4v) is 13.0. The highest BCUT2D eigenvalue weighted by Gasteiger charge is 2.30. The van der Waals surface area contributed by atoms with Gasteiger partial charge < -0.3 is 33.8 Å². The van der Waals surface area contributed by atoms with Crippen LogP contribution in [0, 0.1) is 0 Å². The van der Waals surface area contributed by atoms with E-state index in [-0.39, 0.29) is 25.7 Å². The number of hydrogen-bond acceptors (Lipinski definition) is 15. The van der Waals surface area contributed by atoms with Crippen molar-refractivity contribution >= 4 is 39.5 Å². The van der Waals surface area contributed by atoms with Gasteiger partial charge in [0.05, 0.1) is 26.4 Å². The molecule has 0 aromatic rings. The van der Waals surface area contributed by atoms with Crippen LogP contribution in [0.15, 0.2) is 85.1 Å². The topological polar surface area (TPSA) is 237 Å². The molecule has 0 heterocycles. The quantitative estimate of drug-likeness (QED) is 0.0169. The molecule has 0 rings (SSSR count). The summed E-state index contributed by atoms with van der Waals surface area (Å²) in [5, 5.41) is 10.6. The average molecular weight is 1510 g/mol. The van der Waals surface area contributed by atoms with Gasteiger partial charge in [0, 0.05) is 25.7 Å². The van der Waals surface area contributed by atoms with Gasteiger partial charge in [-0.3, -0.25) is 37.3 Å². The van der Waals surface area contributed by atoms with E-state index in [2.05, 4.69) is 113 Å². The van der Waals surface area contributed by atoms with E-state index in [9.17, 15) is 43.2 Å². The standard InChI is InChI=1S/C85H152O17P2/c1-5-9-13-17-21-25-29-32-35-37-39-41-44-46-50-53-57-61-65-69-82(87)95-75-80(101-84(89)71-67-63-59-55-49-28-24-20-16-12-8-4)77-99-103(91,92)97-73-79(86)74-98-104(93,94)100-78-81(102-85(90)72-68-64-60-56-52-48-43-34-31-27-23-19-15-11-7-3)76-96-83(88)70-66-62-58-54-51-47-45-42-40-38-36-33-30-26-22-18-14-10-6-2/h21-22,25-26,32-36,39-43,79-81,86H,5-20,23-24,27-31,37-38,44-78H2,1-4H3,(H,91,92)(H,93,94)/b25-21-,26-22-,35-32-,36-33-,41-39-,42-40-,43-34-. The summed E-state index contributed by atoms with van der Waals surface area (Å²) < 4.78 is 68.7. The Morgan fingerprint density at radius 2 is 0.471 bits per heavy atom. The van der Waals surface area contributed by atoms with Crippen molar-refractivity contribution in [3.63, 3.8) is 0 Å². The number of phosphoric acid groups is 2. The van der Waals surface area contributed by atoms with Gasteiger partial charge in [-0.2, -0.15) is 0 Å². The average Bonchev–Trinajstić information content (AvgIpc) is 0.929. The van der Waals surface area contributed by atoms with E-state index in [1.807, 2.05) is 0 Å². The van der Waals surface area contributed by atoms with E-state index in [1.54, 1.807) is 0 Å². The van der Waals surface area contributed by atoms with E-state index < -0.39 is 97.5 Å². The van der Waals surface area contributed by atoms with Crippen molar-refractivity contribution in [2.75, 3.05) is 39.6 Å². The second kappa shape index (κ2) is 77.4. The highest BCUT2D eigenvalue weighted by Crippen LogP contribution is 2.45. The Kier molecular flexibility index (Phi) is 74.6. The van der Waals surface area contributed by atoms with Gasteiger partial charge in [-0.05, 0) is 128 Å². The lowest BCUT2D eigenvalue weighted by Gasteiger charge is -2.21. The maximum absolute atomic E-state index is 13.1. The van der Waals surface area contributed by atoms with Gasteiger partial charge >= 0.3 is 39.5 Å². The van der Waals surface area contributed by atoms with Gasteiger partial charge in [0.1, 0.15) is 19.3 Å². The zero-order chi connectivity index (χ0) is 76.0. The second-order valence-electron chi connectivity index (χ2n) is 28.1. The third-order valence-electron chi connectivity index (χ3n) is 17.8. The first kappa shape index (κ1) is 100. The molecule has 0 radical (unpaired) electrons. The zero-order valence-corrected chi connectivity index (χ0v) is 68.0. The number of aliphatic hydroxyl groups excluding tert-OH is 1. The molecule has 17 nitrogen and oxygen atoms in total. The molecule has 5 unspecified atom stereocenters. The van der Waals surface area contributed by atoms with E-state index >= 15 is 0 Å². The van der Waals surface area contributed by atoms with Gasteiger partial charge in [0.25, 0.3) is 0 Å². The van der Waals surface area contributed by atoms with Crippen LogP contribution in [-0.2, 0) is 65.4 Å². The van der Waals surface area contributed by atoms with Crippen molar-refractivity contribution in [3.8, 4) is 0 Å². The minimum Gasteiger partial charge on any atom is -0.462 e. The molecule has 5 atom stereocenters. The van der Waals surface area contributed by atoms with Crippen LogP contribution in [-0.4, -0.2) is 96.7 Å². The fourth-order valence-electron chi connectivity index (χ4n) is 11.4. The molecule has 0 bridgehead atoms. The second-order valence-corrected chi connectivity index (χ2v) is 31.0. The number of unbranched alkanes of at least 4 members (excludes halogenated alkanes) is 39. The summed E-state index contributed by atoms with van der Waals surface area (Å²) in [6, 6.07) is 0. The number of phosphoric ester groups is 2. The summed E-state index contributed by atoms with van der Waals surface area (Å²) in [7, 11) is -9.96. The molecule has 0 aromatic heterocycles. The van der Waals surface area contributed by atoms with Crippen molar-refractivity contribution in [1.82, 2.24) is 0 Å². The van der Waals surface area contributed by atoms with Crippen molar-refractivity contribution in [2.24, 2.45) is 0 Å². The summed E-state index contributed by atoms with van der Waals surface area (Å²) in [4.78, 5) is 73.1. The fraction of sp³-hybridized carbons (Fsp3) is 0.788. The molecule has 0 amide bonds. The van der Waals surface area contributed by atoms with Gasteiger partial charge in [0.15, 0.2) is 12.2 Å². The Labute approximate surface area is 634 Å². The molecular weight excluding hydrogens is 1350 g/mol. The lowest BCUT2D eigenvalue weighted by molar-refractivity contribution is -0.161. The first-order valence-corrected chi connectivity index (χ1v) is 44.8. The van der Waals surface area contributed by atoms with Crippen LogP contribution in [0.25, 0.3) is 0 Å². The predicted octanol–water partition coefficient (Wildman–Crippen LogP) is 24.6. The van der Waals surface area contributed by atoms with Gasteiger partial charge in [0.2, 0.25) is 0 Å². The monoisotopic (exact) mass is 1510 g/mol. The van der Waals surface area contributed by atoms with E-state index in [1.165, 1.54) is 116 Å². The Morgan fingerprint density at radius 3 is 0.750 bits per heavy atom. The minimum atomic E-state index is -4.98. The van der Waals surface area contributed by atoms with Crippen LogP contribution in [0.4, 0.5) is 0 Å². The third kappa shape index (κ3) is 76.4. The molecule has 604 valence electrons. The van der Waals surface area contributed by atoms with Crippen LogP contribution in [0.3, 0.4) is 0 Å². The number of allylic oxidation sites excluding steroid dienone is 14. The van der Waals surface area contributed by atoms with Crippen LogP contribution in [0.1, 0.15) is 374 Å². The van der Waals surface area contributed by atoms with Gasteiger partial charge in [-0.1, -0.05) is 305 Å². The number of ether oxygens (including phenoxy) is 4. The molecule has 0 saturated heterocycles. The lowest BCUT2D eigenvalue weighted by atomic mass is 10.1. The first-order valence-electron chi connectivity index (χ1n) is 41.8. The summed E-state index contributed by atoms with van der Waals surface area (Å²) in [5.74, 6) is -2.18. The molecule has 3 N–H and O–H groups in total. The van der Waals surface area contributed by atoms with Crippen molar-refractivity contribution < 1.29 is 80.2 Å². The molecule has 0 aliphatic carbocycles. The number of carbonyl (C=O) groups excluding carboxylic acids is 4. The predicted molar refractivity (Wildman–Crippen MR) is 427 cm³/mol. The Bertz CT molecular complexity index is 2300. The van der Waals surface area contributed by atoms with E-state index in [0.717, 1.165) is 180 Å². The number of esters is 4. The molecule has 0 saturated carbocycles. The molecule has 0 aliphatic heterocycles. The largest absolute Gasteiger partial charge is 0.472 e. The molecule has 19 heteroatoms. The summed E-state index contributed by atoms with van der Waals surface area (Å²) >= 11 is 0. The summed E-state index contributed by atoms with van der Waals surface area (Å²) in [6.07, 6.45) is 81.2. The zero-order valence-electron chi connectivity index (χ0n) is 66.2. The smallest absolute Gasteiger partial charge is 0.462 e. The number of hydrogen-bond donors (Lipinski definition) is 3. The van der Waals surface area contributed by atoms with Crippen LogP contribution < -0.4 is 0 Å². The normalized spacial score (nSPS) is 14.3. The summed E-state index contributed by atoms with van der Waals surface area (Å²) in [6.45, 7) is 4.83. The maximum atomic E-state index is 13.1. The van der Waals surface area contributed by atoms with E-state index in [0.29, 0.717) is 25.7 Å². The van der Waals surface area contributed by atoms with Crippen molar-refractivity contribution in [2.45, 2.75) is 393 Å². The van der Waals surface area contributed by atoms with Crippen LogP contribution in [0.2, 0.25) is 0 Å². The molecule has 0 fully saturated rings. The molecule has 0 spiro atoms. The van der Waals surface area contributed by atoms with Gasteiger partial charge in [-0.15, -0.1) is 0 Å². The Morgan fingerprint density at radius 1 is 0.269 bits per heavy atom. The minimum absolute atomic E-state index is 0.0841.